The molecule has 0 aliphatic carbocycles. The van der Waals surface area contributed by atoms with E-state index in [0.29, 0.717) is 5.92 Å². The molecule has 0 aromatic heterocycles. The summed E-state index contributed by atoms with van der Waals surface area (Å²) < 4.78 is 11.4. The topological polar surface area (TPSA) is 38.7 Å². The molecule has 2 fully saturated rings. The maximum absolute atomic E-state index is 10.2. The van der Waals surface area contributed by atoms with Crippen LogP contribution in [0.15, 0.2) is 0 Å². The normalized spacial score (nSPS) is 30.4. The summed E-state index contributed by atoms with van der Waals surface area (Å²) in [6.45, 7) is 2.43. The summed E-state index contributed by atoms with van der Waals surface area (Å²) in [5, 5.41) is 10.2. The molecule has 4 heteroatoms. The van der Waals surface area contributed by atoms with Crippen molar-refractivity contribution in [3.05, 3.63) is 0 Å². The van der Waals surface area contributed by atoms with Gasteiger partial charge in [0.15, 0.2) is 0 Å². The summed E-state index contributed by atoms with van der Waals surface area (Å²) in [7, 11) is 0. The van der Waals surface area contributed by atoms with E-state index in [1.165, 1.54) is 0 Å². The molecular weight excluding hydrogens is 236 g/mol. The fourth-order valence-corrected chi connectivity index (χ4v) is 3.44. The monoisotopic (exact) mass is 260 g/mol. The summed E-state index contributed by atoms with van der Waals surface area (Å²) in [4.78, 5) is 0. The van der Waals surface area contributed by atoms with Crippen LogP contribution in [0.4, 0.5) is 0 Å². The van der Waals surface area contributed by atoms with Gasteiger partial charge in [0.1, 0.15) is 0 Å². The average molecular weight is 260 g/mol. The number of hydrogen-bond donors (Lipinski definition) is 1. The van der Waals surface area contributed by atoms with Gasteiger partial charge in [-0.15, -0.1) is 0 Å². The molecule has 100 valence electrons. The van der Waals surface area contributed by atoms with Gasteiger partial charge in [0.05, 0.1) is 11.7 Å². The van der Waals surface area contributed by atoms with Crippen molar-refractivity contribution >= 4 is 11.8 Å². The van der Waals surface area contributed by atoms with Crippen molar-refractivity contribution in [3.8, 4) is 0 Å². The number of ether oxygens (including phenoxy) is 2. The second-order valence-electron chi connectivity index (χ2n) is 5.25. The molecule has 3 nitrogen and oxygen atoms in total. The smallest absolute Gasteiger partial charge is 0.0730 e. The Hall–Kier alpha value is 0.230. The quantitative estimate of drug-likeness (QED) is 0.840. The van der Waals surface area contributed by atoms with Crippen molar-refractivity contribution in [1.82, 2.24) is 0 Å². The van der Waals surface area contributed by atoms with E-state index in [1.54, 1.807) is 0 Å². The minimum atomic E-state index is -0.147. The van der Waals surface area contributed by atoms with Crippen molar-refractivity contribution in [2.75, 3.05) is 31.8 Å². The summed E-state index contributed by atoms with van der Waals surface area (Å²) in [5.74, 6) is 1.48. The molecule has 2 unspecified atom stereocenters. The SMILES string of the molecule is CSCCC(O)C1CCOC2(CCOCC2)C1. The van der Waals surface area contributed by atoms with Crippen molar-refractivity contribution in [1.29, 1.82) is 0 Å². The zero-order valence-corrected chi connectivity index (χ0v) is 11.5. The Kier molecular flexibility index (Phi) is 5.15. The van der Waals surface area contributed by atoms with Crippen LogP contribution in [0.3, 0.4) is 0 Å². The molecule has 0 saturated carbocycles. The van der Waals surface area contributed by atoms with Crippen LogP contribution in [-0.4, -0.2) is 48.6 Å². The Labute approximate surface area is 108 Å². The Morgan fingerprint density at radius 1 is 1.35 bits per heavy atom. The summed E-state index contributed by atoms with van der Waals surface area (Å²) >= 11 is 1.81. The minimum absolute atomic E-state index is 0.0154. The highest BCUT2D eigenvalue weighted by Gasteiger charge is 2.40. The van der Waals surface area contributed by atoms with E-state index in [2.05, 4.69) is 6.26 Å². The van der Waals surface area contributed by atoms with E-state index in [-0.39, 0.29) is 11.7 Å². The predicted octanol–water partition coefficient (Wildman–Crippen LogP) is 2.08. The van der Waals surface area contributed by atoms with Crippen LogP contribution in [0.1, 0.15) is 32.1 Å². The predicted molar refractivity (Wildman–Crippen MR) is 70.5 cm³/mol. The summed E-state index contributed by atoms with van der Waals surface area (Å²) in [6.07, 6.45) is 6.89. The largest absolute Gasteiger partial charge is 0.393 e. The minimum Gasteiger partial charge on any atom is -0.393 e. The van der Waals surface area contributed by atoms with Crippen molar-refractivity contribution in [2.45, 2.75) is 43.8 Å². The molecule has 1 N–H and O–H groups in total. The third-order valence-electron chi connectivity index (χ3n) is 4.10. The fourth-order valence-electron chi connectivity index (χ4n) is 2.96. The molecule has 2 rings (SSSR count). The van der Waals surface area contributed by atoms with Crippen LogP contribution in [0, 0.1) is 5.92 Å². The highest BCUT2D eigenvalue weighted by Crippen LogP contribution is 2.38. The number of rotatable bonds is 4. The highest BCUT2D eigenvalue weighted by molar-refractivity contribution is 7.98. The van der Waals surface area contributed by atoms with Gasteiger partial charge in [-0.1, -0.05) is 0 Å². The van der Waals surface area contributed by atoms with Gasteiger partial charge in [0, 0.05) is 19.8 Å². The lowest BCUT2D eigenvalue weighted by Crippen LogP contribution is -2.46. The van der Waals surface area contributed by atoms with E-state index in [1.807, 2.05) is 11.8 Å². The first kappa shape index (κ1) is 13.7. The number of thioether (sulfide) groups is 1. The third kappa shape index (κ3) is 3.60. The van der Waals surface area contributed by atoms with Gasteiger partial charge in [-0.3, -0.25) is 0 Å². The van der Waals surface area contributed by atoms with Gasteiger partial charge in [-0.2, -0.15) is 11.8 Å². The maximum Gasteiger partial charge on any atom is 0.0730 e. The van der Waals surface area contributed by atoms with Gasteiger partial charge in [-0.25, -0.2) is 0 Å². The molecule has 2 aliphatic rings. The van der Waals surface area contributed by atoms with Gasteiger partial charge < -0.3 is 14.6 Å². The molecule has 0 amide bonds. The number of aliphatic hydroxyl groups is 1. The zero-order chi connectivity index (χ0) is 12.1. The molecule has 0 radical (unpaired) electrons. The standard InChI is InChI=1S/C13H24O3S/c1-17-9-3-12(14)11-2-6-16-13(10-11)4-7-15-8-5-13/h11-12,14H,2-10H2,1H3. The number of aliphatic hydroxyl groups excluding tert-OH is 1. The summed E-state index contributed by atoms with van der Waals surface area (Å²) in [5.41, 5.74) is 0.0154. The Bertz CT molecular complexity index is 223. The molecule has 2 aliphatic heterocycles. The lowest BCUT2D eigenvalue weighted by atomic mass is 9.78. The zero-order valence-electron chi connectivity index (χ0n) is 10.7. The highest BCUT2D eigenvalue weighted by atomic mass is 32.2. The van der Waals surface area contributed by atoms with Gasteiger partial charge >= 0.3 is 0 Å². The second kappa shape index (κ2) is 6.41. The first-order valence-electron chi connectivity index (χ1n) is 6.64. The van der Waals surface area contributed by atoms with Crippen LogP contribution in [0.2, 0.25) is 0 Å². The Morgan fingerprint density at radius 3 is 2.82 bits per heavy atom. The van der Waals surface area contributed by atoms with E-state index in [0.717, 1.165) is 57.7 Å². The molecule has 0 aromatic rings. The molecule has 17 heavy (non-hydrogen) atoms. The van der Waals surface area contributed by atoms with Gasteiger partial charge in [-0.05, 0) is 50.0 Å². The van der Waals surface area contributed by atoms with E-state index in [4.69, 9.17) is 9.47 Å². The molecule has 2 atom stereocenters. The number of hydrogen-bond acceptors (Lipinski definition) is 4. The van der Waals surface area contributed by atoms with Crippen LogP contribution in [0.5, 0.6) is 0 Å². The maximum atomic E-state index is 10.2. The first-order valence-corrected chi connectivity index (χ1v) is 8.04. The van der Waals surface area contributed by atoms with Gasteiger partial charge in [0.2, 0.25) is 0 Å². The van der Waals surface area contributed by atoms with Crippen molar-refractivity contribution in [3.63, 3.8) is 0 Å². The molecule has 1 spiro atoms. The van der Waals surface area contributed by atoms with Crippen LogP contribution in [-0.2, 0) is 9.47 Å². The molecule has 0 aromatic carbocycles. The van der Waals surface area contributed by atoms with Crippen molar-refractivity contribution in [2.24, 2.45) is 5.92 Å². The second-order valence-corrected chi connectivity index (χ2v) is 6.23. The van der Waals surface area contributed by atoms with Crippen LogP contribution in [0.25, 0.3) is 0 Å². The van der Waals surface area contributed by atoms with Crippen LogP contribution < -0.4 is 0 Å². The Morgan fingerprint density at radius 2 is 2.12 bits per heavy atom. The van der Waals surface area contributed by atoms with E-state index < -0.39 is 0 Å². The molecule has 2 saturated heterocycles. The average Bonchev–Trinajstić information content (AvgIpc) is 2.37. The van der Waals surface area contributed by atoms with Gasteiger partial charge in [0.25, 0.3) is 0 Å². The lowest BCUT2D eigenvalue weighted by molar-refractivity contribution is -0.158. The lowest BCUT2D eigenvalue weighted by Gasteiger charge is -2.44. The first-order chi connectivity index (χ1) is 8.26. The third-order valence-corrected chi connectivity index (χ3v) is 4.74. The van der Waals surface area contributed by atoms with Crippen molar-refractivity contribution < 1.29 is 14.6 Å². The van der Waals surface area contributed by atoms with Crippen LogP contribution >= 0.6 is 11.8 Å². The molecule has 2 heterocycles. The van der Waals surface area contributed by atoms with E-state index in [9.17, 15) is 5.11 Å². The fraction of sp³-hybridized carbons (Fsp3) is 1.00. The summed E-state index contributed by atoms with van der Waals surface area (Å²) in [6, 6.07) is 0. The molecular formula is C13H24O3S. The molecule has 0 bridgehead atoms. The van der Waals surface area contributed by atoms with E-state index >= 15 is 0 Å². The Balaban J connectivity index is 1.87.